The average Bonchev–Trinajstić information content (AvgIpc) is 3.01. The second kappa shape index (κ2) is 6.33. The first-order chi connectivity index (χ1) is 12.1. The van der Waals surface area contributed by atoms with E-state index in [4.69, 9.17) is 4.74 Å². The van der Waals surface area contributed by atoms with E-state index in [2.05, 4.69) is 4.98 Å². The summed E-state index contributed by atoms with van der Waals surface area (Å²) in [5.74, 6) is -0.870. The fourth-order valence-electron chi connectivity index (χ4n) is 2.75. The Morgan fingerprint density at radius 3 is 2.64 bits per heavy atom. The number of para-hydroxylation sites is 2. The van der Waals surface area contributed by atoms with Gasteiger partial charge in [0.15, 0.2) is 5.16 Å². The maximum absolute atomic E-state index is 14.3. The molecule has 2 aromatic carbocycles. The zero-order chi connectivity index (χ0) is 17.4. The molecule has 5 nitrogen and oxygen atoms in total. The van der Waals surface area contributed by atoms with Crippen molar-refractivity contribution in [2.24, 2.45) is 0 Å². The minimum atomic E-state index is -0.530. The van der Waals surface area contributed by atoms with Crippen LogP contribution in [0.15, 0.2) is 58.5 Å². The molecule has 1 fully saturated rings. The summed E-state index contributed by atoms with van der Waals surface area (Å²) in [6, 6.07) is 12.9. The predicted octanol–water partition coefficient (Wildman–Crippen LogP) is 2.93. The van der Waals surface area contributed by atoms with E-state index in [1.54, 1.807) is 36.4 Å². The van der Waals surface area contributed by atoms with E-state index in [0.29, 0.717) is 23.9 Å². The van der Waals surface area contributed by atoms with Crippen LogP contribution in [0.5, 0.6) is 0 Å². The lowest BCUT2D eigenvalue weighted by molar-refractivity contribution is -0.137. The quantitative estimate of drug-likeness (QED) is 0.533. The summed E-state index contributed by atoms with van der Waals surface area (Å²) in [5, 5.41) is 0.216. The number of ether oxygens (including phenoxy) is 1. The Hall–Kier alpha value is -2.67. The zero-order valence-corrected chi connectivity index (χ0v) is 13.8. The number of thioether (sulfide) groups is 1. The number of cyclic esters (lactones) is 1. The number of carbonyl (C=O) groups excluding carboxylic acids is 1. The van der Waals surface area contributed by atoms with Gasteiger partial charge in [-0.1, -0.05) is 36.0 Å². The molecule has 0 spiro atoms. The summed E-state index contributed by atoms with van der Waals surface area (Å²) in [4.78, 5) is 29.3. The molecule has 1 atom stereocenters. The van der Waals surface area contributed by atoms with E-state index in [0.717, 1.165) is 11.8 Å². The van der Waals surface area contributed by atoms with Gasteiger partial charge in [0.05, 0.1) is 23.2 Å². The molecule has 0 N–H and O–H groups in total. The minimum Gasteiger partial charge on any atom is -0.465 e. The molecular weight excluding hydrogens is 343 g/mol. The maximum atomic E-state index is 14.3. The Kier molecular flexibility index (Phi) is 4.01. The van der Waals surface area contributed by atoms with Crippen LogP contribution in [0.2, 0.25) is 0 Å². The summed E-state index contributed by atoms with van der Waals surface area (Å²) in [5.41, 5.74) is 0.248. The number of fused-ring (bicyclic) bond motifs is 1. The molecule has 25 heavy (non-hydrogen) atoms. The summed E-state index contributed by atoms with van der Waals surface area (Å²) < 4.78 is 20.5. The number of esters is 1. The minimum absolute atomic E-state index is 0.111. The summed E-state index contributed by atoms with van der Waals surface area (Å²) in [7, 11) is 0. The first kappa shape index (κ1) is 15.8. The van der Waals surface area contributed by atoms with Crippen LogP contribution >= 0.6 is 11.8 Å². The molecule has 1 saturated heterocycles. The molecule has 4 rings (SSSR count). The van der Waals surface area contributed by atoms with Crippen LogP contribution in [0.4, 0.5) is 4.39 Å². The van der Waals surface area contributed by atoms with Crippen LogP contribution < -0.4 is 5.56 Å². The van der Waals surface area contributed by atoms with Crippen LogP contribution in [-0.4, -0.2) is 27.4 Å². The fraction of sp³-hybridized carbons (Fsp3) is 0.167. The van der Waals surface area contributed by atoms with Crippen molar-refractivity contribution < 1.29 is 13.9 Å². The van der Waals surface area contributed by atoms with Gasteiger partial charge in [0.2, 0.25) is 0 Å². The topological polar surface area (TPSA) is 61.2 Å². The van der Waals surface area contributed by atoms with Crippen LogP contribution in [-0.2, 0) is 9.53 Å². The van der Waals surface area contributed by atoms with Gasteiger partial charge in [0.1, 0.15) is 11.1 Å². The number of nitrogens with zero attached hydrogens (tertiary/aromatic N) is 2. The van der Waals surface area contributed by atoms with Gasteiger partial charge in [-0.25, -0.2) is 9.37 Å². The summed E-state index contributed by atoms with van der Waals surface area (Å²) in [6.07, 6.45) is 0.531. The predicted molar refractivity (Wildman–Crippen MR) is 92.5 cm³/mol. The van der Waals surface area contributed by atoms with Crippen LogP contribution in [0.25, 0.3) is 16.6 Å². The Labute approximate surface area is 146 Å². The van der Waals surface area contributed by atoms with Gasteiger partial charge in [-0.05, 0) is 24.3 Å². The molecule has 2 heterocycles. The number of hydrogen-bond donors (Lipinski definition) is 0. The lowest BCUT2D eigenvalue weighted by Gasteiger charge is -2.15. The van der Waals surface area contributed by atoms with Crippen molar-refractivity contribution in [1.82, 2.24) is 9.55 Å². The number of aromatic nitrogens is 2. The number of halogens is 1. The summed E-state index contributed by atoms with van der Waals surface area (Å²) >= 11 is 1.13. The van der Waals surface area contributed by atoms with Crippen LogP contribution in [0.1, 0.15) is 6.42 Å². The Morgan fingerprint density at radius 1 is 1.12 bits per heavy atom. The number of carbonyl (C=O) groups is 1. The third kappa shape index (κ3) is 2.80. The number of hydrogen-bond acceptors (Lipinski definition) is 5. The largest absolute Gasteiger partial charge is 0.465 e. The Morgan fingerprint density at radius 2 is 1.88 bits per heavy atom. The lowest BCUT2D eigenvalue weighted by atomic mass is 10.2. The smallest absolute Gasteiger partial charge is 0.319 e. The van der Waals surface area contributed by atoms with Gasteiger partial charge in [-0.2, -0.15) is 0 Å². The molecule has 0 amide bonds. The van der Waals surface area contributed by atoms with E-state index < -0.39 is 11.1 Å². The van der Waals surface area contributed by atoms with Gasteiger partial charge in [-0.15, -0.1) is 0 Å². The molecule has 1 unspecified atom stereocenters. The highest BCUT2D eigenvalue weighted by Gasteiger charge is 2.30. The van der Waals surface area contributed by atoms with E-state index in [1.807, 2.05) is 0 Å². The maximum Gasteiger partial charge on any atom is 0.319 e. The van der Waals surface area contributed by atoms with Crippen molar-refractivity contribution in [3.8, 4) is 5.69 Å². The lowest BCUT2D eigenvalue weighted by Crippen LogP contribution is -2.24. The van der Waals surface area contributed by atoms with E-state index in [1.165, 1.54) is 16.7 Å². The molecular formula is C18H13FN2O3S. The molecule has 3 aromatic rings. The average molecular weight is 356 g/mol. The molecule has 0 radical (unpaired) electrons. The first-order valence-electron chi connectivity index (χ1n) is 7.75. The third-order valence-corrected chi connectivity index (χ3v) is 5.17. The van der Waals surface area contributed by atoms with Crippen molar-refractivity contribution in [3.05, 3.63) is 64.7 Å². The highest BCUT2D eigenvalue weighted by atomic mass is 32.2. The second-order valence-corrected chi connectivity index (χ2v) is 6.74. The van der Waals surface area contributed by atoms with E-state index >= 15 is 0 Å². The van der Waals surface area contributed by atoms with Gasteiger partial charge in [0, 0.05) is 6.42 Å². The standard InChI is InChI=1S/C18H13FN2O3S/c19-12-6-2-4-8-14(12)21-16(22)11-5-1-3-7-13(11)20-18(21)25-15-9-10-24-17(15)23/h1-8,15H,9-10H2. The number of rotatable bonds is 3. The SMILES string of the molecule is O=C1OCCC1Sc1nc2ccccc2c(=O)n1-c1ccccc1F. The molecule has 0 aliphatic carbocycles. The van der Waals surface area contributed by atoms with Crippen LogP contribution in [0.3, 0.4) is 0 Å². The molecule has 1 aromatic heterocycles. The van der Waals surface area contributed by atoms with Gasteiger partial charge in [-0.3, -0.25) is 14.2 Å². The van der Waals surface area contributed by atoms with Crippen molar-refractivity contribution >= 4 is 28.6 Å². The number of benzene rings is 2. The van der Waals surface area contributed by atoms with E-state index in [9.17, 15) is 14.0 Å². The highest BCUT2D eigenvalue weighted by Crippen LogP contribution is 2.30. The van der Waals surface area contributed by atoms with Gasteiger partial charge < -0.3 is 4.74 Å². The normalized spacial score (nSPS) is 17.0. The van der Waals surface area contributed by atoms with Gasteiger partial charge in [0.25, 0.3) is 5.56 Å². The molecule has 0 saturated carbocycles. The third-order valence-electron chi connectivity index (χ3n) is 3.97. The molecule has 1 aliphatic rings. The molecule has 7 heteroatoms. The van der Waals surface area contributed by atoms with Crippen molar-refractivity contribution in [3.63, 3.8) is 0 Å². The monoisotopic (exact) mass is 356 g/mol. The molecule has 0 bridgehead atoms. The van der Waals surface area contributed by atoms with E-state index in [-0.39, 0.29) is 22.4 Å². The van der Waals surface area contributed by atoms with Crippen molar-refractivity contribution in [2.75, 3.05) is 6.61 Å². The first-order valence-corrected chi connectivity index (χ1v) is 8.63. The fourth-order valence-corrected chi connectivity index (χ4v) is 3.82. The van der Waals surface area contributed by atoms with Crippen molar-refractivity contribution in [2.45, 2.75) is 16.8 Å². The Balaban J connectivity index is 1.96. The van der Waals surface area contributed by atoms with Gasteiger partial charge >= 0.3 is 5.97 Å². The second-order valence-electron chi connectivity index (χ2n) is 5.57. The Bertz CT molecular complexity index is 1030. The van der Waals surface area contributed by atoms with Crippen LogP contribution in [0, 0.1) is 5.82 Å². The highest BCUT2D eigenvalue weighted by molar-refractivity contribution is 8.00. The zero-order valence-electron chi connectivity index (χ0n) is 13.0. The summed E-state index contributed by atoms with van der Waals surface area (Å²) in [6.45, 7) is 0.341. The molecule has 1 aliphatic heterocycles. The van der Waals surface area contributed by atoms with Crippen molar-refractivity contribution in [1.29, 1.82) is 0 Å². The molecule has 126 valence electrons.